The Bertz CT molecular complexity index is 1460. The summed E-state index contributed by atoms with van der Waals surface area (Å²) in [6.45, 7) is 7.66. The fourth-order valence-electron chi connectivity index (χ4n) is 5.02. The monoisotopic (exact) mass is 553 g/mol. The van der Waals surface area contributed by atoms with Crippen LogP contribution in [0.4, 0.5) is 0 Å². The summed E-state index contributed by atoms with van der Waals surface area (Å²) in [4.78, 5) is 32.4. The first-order valence-corrected chi connectivity index (χ1v) is 14.6. The molecule has 1 atom stereocenters. The van der Waals surface area contributed by atoms with Gasteiger partial charge in [-0.2, -0.15) is 0 Å². The summed E-state index contributed by atoms with van der Waals surface area (Å²) >= 11 is 1.41. The van der Waals surface area contributed by atoms with Gasteiger partial charge in [0.25, 0.3) is 5.91 Å². The minimum Gasteiger partial charge on any atom is -0.486 e. The third kappa shape index (κ3) is 6.59. The number of nitrogens with one attached hydrogen (secondary N) is 1. The first kappa shape index (κ1) is 27.6. The van der Waals surface area contributed by atoms with E-state index in [-0.39, 0.29) is 24.5 Å². The third-order valence-electron chi connectivity index (χ3n) is 7.08. The molecular weight excluding hydrogens is 518 g/mol. The molecule has 1 aromatic heterocycles. The predicted molar refractivity (Wildman–Crippen MR) is 158 cm³/mol. The van der Waals surface area contributed by atoms with Crippen LogP contribution in [0.25, 0.3) is 0 Å². The third-order valence-corrected chi connectivity index (χ3v) is 7.91. The van der Waals surface area contributed by atoms with Crippen molar-refractivity contribution in [2.45, 2.75) is 52.8 Å². The van der Waals surface area contributed by atoms with Crippen LogP contribution in [-0.2, 0) is 24.4 Å². The summed E-state index contributed by atoms with van der Waals surface area (Å²) in [5.74, 6) is 0.996. The molecule has 206 valence electrons. The highest BCUT2D eigenvalue weighted by Gasteiger charge is 2.32. The number of amides is 2. The minimum atomic E-state index is -0.202. The van der Waals surface area contributed by atoms with Crippen LogP contribution >= 0.6 is 11.3 Å². The maximum atomic E-state index is 13.3. The Kier molecular flexibility index (Phi) is 8.60. The van der Waals surface area contributed by atoms with Gasteiger partial charge in [0, 0.05) is 24.9 Å². The number of carbonyl (C=O) groups is 2. The van der Waals surface area contributed by atoms with Crippen LogP contribution in [0, 0.1) is 12.8 Å². The van der Waals surface area contributed by atoms with E-state index in [1.165, 1.54) is 22.5 Å². The zero-order valence-electron chi connectivity index (χ0n) is 23.2. The van der Waals surface area contributed by atoms with E-state index in [1.807, 2.05) is 41.3 Å². The number of aromatic nitrogens is 1. The first-order valence-electron chi connectivity index (χ1n) is 13.8. The average molecular weight is 554 g/mol. The highest BCUT2D eigenvalue weighted by atomic mass is 32.1. The van der Waals surface area contributed by atoms with Gasteiger partial charge in [-0.3, -0.25) is 9.59 Å². The molecule has 3 aromatic carbocycles. The largest absolute Gasteiger partial charge is 0.486 e. The van der Waals surface area contributed by atoms with E-state index in [2.05, 4.69) is 67.5 Å². The zero-order valence-corrected chi connectivity index (χ0v) is 24.0. The van der Waals surface area contributed by atoms with Crippen LogP contribution in [0.3, 0.4) is 0 Å². The standard InChI is InChI=1S/C33H35N3O3S/c1-22(2)17-31(37)36-16-15-25-13-14-27(18-28(25)32(36)26-11-9-23(3)10-12-26)39-20-30-35-29(21-40-30)33(38)34-19-24-7-5-4-6-8-24/h4-14,18,21-22,32H,15-17,19-20H2,1-3H3,(H,34,38). The van der Waals surface area contributed by atoms with E-state index in [4.69, 9.17) is 4.74 Å². The van der Waals surface area contributed by atoms with Gasteiger partial charge in [-0.1, -0.05) is 80.1 Å². The van der Waals surface area contributed by atoms with E-state index in [9.17, 15) is 9.59 Å². The maximum Gasteiger partial charge on any atom is 0.271 e. The van der Waals surface area contributed by atoms with Crippen molar-refractivity contribution in [3.05, 3.63) is 117 Å². The molecule has 0 spiro atoms. The lowest BCUT2D eigenvalue weighted by Crippen LogP contribution is -2.41. The Balaban J connectivity index is 1.30. The van der Waals surface area contributed by atoms with Crippen LogP contribution < -0.4 is 10.1 Å². The van der Waals surface area contributed by atoms with Crippen molar-refractivity contribution in [3.8, 4) is 5.75 Å². The van der Waals surface area contributed by atoms with Crippen LogP contribution in [0.2, 0.25) is 0 Å². The van der Waals surface area contributed by atoms with Gasteiger partial charge < -0.3 is 15.0 Å². The minimum absolute atomic E-state index is 0.154. The highest BCUT2D eigenvalue weighted by Crippen LogP contribution is 2.38. The smallest absolute Gasteiger partial charge is 0.271 e. The quantitative estimate of drug-likeness (QED) is 0.258. The van der Waals surface area contributed by atoms with Crippen LogP contribution in [0.5, 0.6) is 5.75 Å². The number of rotatable bonds is 9. The summed E-state index contributed by atoms with van der Waals surface area (Å²) in [7, 11) is 0. The van der Waals surface area contributed by atoms with E-state index < -0.39 is 0 Å². The topological polar surface area (TPSA) is 71.5 Å². The summed E-state index contributed by atoms with van der Waals surface area (Å²) < 4.78 is 6.16. The van der Waals surface area contributed by atoms with Gasteiger partial charge >= 0.3 is 0 Å². The van der Waals surface area contributed by atoms with Crippen molar-refractivity contribution < 1.29 is 14.3 Å². The number of hydrogen-bond donors (Lipinski definition) is 1. The Morgan fingerprint density at radius 3 is 2.60 bits per heavy atom. The fraction of sp³-hybridized carbons (Fsp3) is 0.303. The number of ether oxygens (including phenoxy) is 1. The van der Waals surface area contributed by atoms with E-state index >= 15 is 0 Å². The van der Waals surface area contributed by atoms with Crippen molar-refractivity contribution in [1.29, 1.82) is 0 Å². The van der Waals surface area contributed by atoms with Crippen LogP contribution in [-0.4, -0.2) is 28.2 Å². The highest BCUT2D eigenvalue weighted by molar-refractivity contribution is 7.09. The second-order valence-electron chi connectivity index (χ2n) is 10.7. The van der Waals surface area contributed by atoms with E-state index in [0.29, 0.717) is 31.1 Å². The Labute approximate surface area is 240 Å². The number of carbonyl (C=O) groups excluding carboxylic acids is 2. The predicted octanol–water partition coefficient (Wildman–Crippen LogP) is 6.48. The van der Waals surface area contributed by atoms with Crippen molar-refractivity contribution in [2.75, 3.05) is 6.54 Å². The molecule has 6 nitrogen and oxygen atoms in total. The van der Waals surface area contributed by atoms with Crippen molar-refractivity contribution in [2.24, 2.45) is 5.92 Å². The van der Waals surface area contributed by atoms with Gasteiger partial charge in [-0.25, -0.2) is 4.98 Å². The molecule has 7 heteroatoms. The number of nitrogens with zero attached hydrogens (tertiary/aromatic N) is 2. The summed E-state index contributed by atoms with van der Waals surface area (Å²) in [5, 5.41) is 5.41. The lowest BCUT2D eigenvalue weighted by atomic mass is 9.87. The van der Waals surface area contributed by atoms with Crippen molar-refractivity contribution in [1.82, 2.24) is 15.2 Å². The SMILES string of the molecule is Cc1ccc(C2c3cc(OCc4nc(C(=O)NCc5ccccc5)cs4)ccc3CCN2C(=O)CC(C)C)cc1. The summed E-state index contributed by atoms with van der Waals surface area (Å²) in [6.07, 6.45) is 1.34. The summed E-state index contributed by atoms with van der Waals surface area (Å²) in [6, 6.07) is 24.3. The average Bonchev–Trinajstić information content (AvgIpc) is 3.44. The number of fused-ring (bicyclic) bond motifs is 1. The molecule has 0 radical (unpaired) electrons. The normalized spacial score (nSPS) is 14.6. The van der Waals surface area contributed by atoms with E-state index in [1.54, 1.807) is 5.38 Å². The van der Waals surface area contributed by atoms with Crippen LogP contribution in [0.15, 0.2) is 78.2 Å². The molecule has 0 saturated carbocycles. The molecule has 0 saturated heterocycles. The molecule has 4 aromatic rings. The van der Waals surface area contributed by atoms with Gasteiger partial charge in [-0.05, 0) is 53.6 Å². The molecular formula is C33H35N3O3S. The van der Waals surface area contributed by atoms with Gasteiger partial charge in [0.15, 0.2) is 0 Å². The van der Waals surface area contributed by atoms with Gasteiger partial charge in [-0.15, -0.1) is 11.3 Å². The number of hydrogen-bond acceptors (Lipinski definition) is 5. The Morgan fingerprint density at radius 1 is 1.07 bits per heavy atom. The van der Waals surface area contributed by atoms with Gasteiger partial charge in [0.1, 0.15) is 23.1 Å². The van der Waals surface area contributed by atoms with Crippen LogP contribution in [0.1, 0.15) is 69.6 Å². The lowest BCUT2D eigenvalue weighted by Gasteiger charge is -2.38. The molecule has 0 fully saturated rings. The molecule has 1 unspecified atom stereocenters. The molecule has 2 heterocycles. The second-order valence-corrected chi connectivity index (χ2v) is 11.6. The second kappa shape index (κ2) is 12.5. The number of thiazole rings is 1. The molecule has 1 aliphatic heterocycles. The maximum absolute atomic E-state index is 13.3. The fourth-order valence-corrected chi connectivity index (χ4v) is 5.71. The molecule has 1 aliphatic rings. The van der Waals surface area contributed by atoms with Gasteiger partial charge in [0.05, 0.1) is 6.04 Å². The molecule has 2 amide bonds. The lowest BCUT2D eigenvalue weighted by molar-refractivity contribution is -0.134. The van der Waals surface area contributed by atoms with E-state index in [0.717, 1.165) is 33.9 Å². The zero-order chi connectivity index (χ0) is 28.1. The molecule has 1 N–H and O–H groups in total. The number of aryl methyl sites for hydroxylation is 1. The van der Waals surface area contributed by atoms with Crippen molar-refractivity contribution >= 4 is 23.2 Å². The molecule has 0 bridgehead atoms. The molecule has 0 aliphatic carbocycles. The summed E-state index contributed by atoms with van der Waals surface area (Å²) in [5.41, 5.74) is 6.06. The Hall–Kier alpha value is -3.97. The number of benzene rings is 3. The molecule has 40 heavy (non-hydrogen) atoms. The molecule has 5 rings (SSSR count). The first-order chi connectivity index (χ1) is 19.4. The Morgan fingerprint density at radius 2 is 1.85 bits per heavy atom. The van der Waals surface area contributed by atoms with Crippen molar-refractivity contribution in [3.63, 3.8) is 0 Å². The van der Waals surface area contributed by atoms with Gasteiger partial charge in [0.2, 0.25) is 5.91 Å².